The number of hydrogen-bond acceptors (Lipinski definition) is 11. The summed E-state index contributed by atoms with van der Waals surface area (Å²) >= 11 is 0. The average molecular weight is 563 g/mol. The Morgan fingerprint density at radius 3 is 2.02 bits per heavy atom. The van der Waals surface area contributed by atoms with Crippen molar-refractivity contribution in [2.75, 3.05) is 58.2 Å². The quantitative estimate of drug-likeness (QED) is 0.259. The molecule has 0 unspecified atom stereocenters. The highest BCUT2D eigenvalue weighted by Gasteiger charge is 2.13. The van der Waals surface area contributed by atoms with Gasteiger partial charge in [0.1, 0.15) is 37.7 Å². The van der Waals surface area contributed by atoms with Gasteiger partial charge in [-0.15, -0.1) is 0 Å². The first-order valence-electron chi connectivity index (χ1n) is 13.2. The van der Waals surface area contributed by atoms with E-state index in [1.165, 1.54) is 18.5 Å². The monoisotopic (exact) mass is 562 g/mol. The number of fused-ring (bicyclic) bond motifs is 2. The number of ether oxygens (including phenoxy) is 6. The topological polar surface area (TPSA) is 136 Å². The second-order valence-corrected chi connectivity index (χ2v) is 8.93. The first-order chi connectivity index (χ1) is 20.2. The molecule has 0 atom stereocenters. The van der Waals surface area contributed by atoms with Gasteiger partial charge in [0.25, 0.3) is 5.69 Å². The third-order valence-electron chi connectivity index (χ3n) is 6.09. The van der Waals surface area contributed by atoms with Gasteiger partial charge in [-0.3, -0.25) is 10.1 Å². The van der Waals surface area contributed by atoms with Gasteiger partial charge < -0.3 is 33.7 Å². The van der Waals surface area contributed by atoms with Crippen LogP contribution in [-0.4, -0.2) is 67.7 Å². The third-order valence-corrected chi connectivity index (χ3v) is 6.09. The van der Waals surface area contributed by atoms with Crippen LogP contribution in [0.15, 0.2) is 67.0 Å². The number of hydrogen-bond donors (Lipinski definition) is 1. The lowest BCUT2D eigenvalue weighted by Crippen LogP contribution is -2.13. The van der Waals surface area contributed by atoms with Gasteiger partial charge >= 0.3 is 0 Å². The van der Waals surface area contributed by atoms with Gasteiger partial charge in [0, 0.05) is 29.3 Å². The molecular weight excluding hydrogens is 532 g/mol. The molecule has 12 nitrogen and oxygen atoms in total. The number of nitrogens with one attached hydrogen (secondary N) is 1. The van der Waals surface area contributed by atoms with Crippen LogP contribution in [0, 0.1) is 10.1 Å². The molecule has 5 rings (SSSR count). The molecule has 1 N–H and O–H groups in total. The van der Waals surface area contributed by atoms with Crippen molar-refractivity contribution in [3.8, 4) is 17.2 Å². The van der Waals surface area contributed by atoms with Crippen LogP contribution in [0.25, 0.3) is 10.9 Å². The van der Waals surface area contributed by atoms with Crippen molar-refractivity contribution in [3.63, 3.8) is 0 Å². The lowest BCUT2D eigenvalue weighted by molar-refractivity contribution is -0.384. The predicted molar refractivity (Wildman–Crippen MR) is 150 cm³/mol. The van der Waals surface area contributed by atoms with Crippen LogP contribution in [0.3, 0.4) is 0 Å². The van der Waals surface area contributed by atoms with Gasteiger partial charge in [0.15, 0.2) is 11.5 Å². The highest BCUT2D eigenvalue weighted by atomic mass is 16.6. The van der Waals surface area contributed by atoms with Crippen LogP contribution in [0.1, 0.15) is 5.56 Å². The molecule has 4 aromatic rings. The smallest absolute Gasteiger partial charge is 0.269 e. The van der Waals surface area contributed by atoms with Gasteiger partial charge in [-0.05, 0) is 48.0 Å². The van der Waals surface area contributed by atoms with Gasteiger partial charge in [-0.1, -0.05) is 0 Å². The molecule has 1 aliphatic heterocycles. The summed E-state index contributed by atoms with van der Waals surface area (Å²) in [5.74, 6) is 2.38. The minimum absolute atomic E-state index is 0.0455. The second kappa shape index (κ2) is 14.2. The van der Waals surface area contributed by atoms with Gasteiger partial charge in [0.2, 0.25) is 0 Å². The molecule has 214 valence electrons. The van der Waals surface area contributed by atoms with Gasteiger partial charge in [-0.25, -0.2) is 9.97 Å². The van der Waals surface area contributed by atoms with Crippen molar-refractivity contribution in [2.24, 2.45) is 0 Å². The minimum atomic E-state index is -0.427. The van der Waals surface area contributed by atoms with Crippen molar-refractivity contribution >= 4 is 28.1 Å². The zero-order valence-electron chi connectivity index (χ0n) is 22.3. The molecular formula is C29H30N4O8. The van der Waals surface area contributed by atoms with Crippen LogP contribution < -0.4 is 19.5 Å². The maximum atomic E-state index is 10.8. The van der Waals surface area contributed by atoms with Crippen molar-refractivity contribution in [3.05, 3.63) is 82.7 Å². The average Bonchev–Trinajstić information content (AvgIpc) is 3.00. The Hall–Kier alpha value is -4.52. The van der Waals surface area contributed by atoms with E-state index in [4.69, 9.17) is 28.4 Å². The number of nitro benzene ring substituents is 1. The number of nitrogens with zero attached hydrogens (tertiary/aromatic N) is 3. The van der Waals surface area contributed by atoms with Crippen LogP contribution in [0.4, 0.5) is 17.2 Å². The third kappa shape index (κ3) is 8.01. The minimum Gasteiger partial charge on any atom is -0.489 e. The second-order valence-electron chi connectivity index (χ2n) is 8.93. The Morgan fingerprint density at radius 2 is 1.39 bits per heavy atom. The van der Waals surface area contributed by atoms with E-state index in [0.717, 1.165) is 16.6 Å². The maximum Gasteiger partial charge on any atom is 0.269 e. The first-order valence-corrected chi connectivity index (χ1v) is 13.2. The molecule has 0 spiro atoms. The largest absolute Gasteiger partial charge is 0.489 e. The Morgan fingerprint density at radius 1 is 0.780 bits per heavy atom. The number of non-ortho nitro benzene ring substituents is 1. The zero-order chi connectivity index (χ0) is 28.3. The molecule has 41 heavy (non-hydrogen) atoms. The lowest BCUT2D eigenvalue weighted by Gasteiger charge is -2.15. The Kier molecular flexibility index (Phi) is 9.71. The zero-order valence-corrected chi connectivity index (χ0v) is 22.3. The number of benzene rings is 3. The molecule has 1 aromatic heterocycles. The number of rotatable bonds is 6. The highest BCUT2D eigenvalue weighted by molar-refractivity contribution is 5.93. The SMILES string of the molecule is O=[N+]([O-])c1ccc(COc2ccc(Nc3ncnc4cc5c(cc34)OCCOCCOCCOCCO5)cc2)cc1. The van der Waals surface area contributed by atoms with Crippen LogP contribution in [0.5, 0.6) is 17.2 Å². The van der Waals surface area contributed by atoms with E-state index < -0.39 is 4.92 Å². The van der Waals surface area contributed by atoms with Crippen LogP contribution in [0.2, 0.25) is 0 Å². The molecule has 1 aliphatic rings. The molecule has 0 amide bonds. The summed E-state index contributed by atoms with van der Waals surface area (Å²) in [6.07, 6.45) is 1.49. The van der Waals surface area contributed by atoms with E-state index in [0.29, 0.717) is 88.0 Å². The summed E-state index contributed by atoms with van der Waals surface area (Å²) < 4.78 is 34.4. The van der Waals surface area contributed by atoms with Crippen LogP contribution >= 0.6 is 0 Å². The van der Waals surface area contributed by atoms with E-state index in [1.807, 2.05) is 36.4 Å². The highest BCUT2D eigenvalue weighted by Crippen LogP contribution is 2.35. The van der Waals surface area contributed by atoms with E-state index >= 15 is 0 Å². The van der Waals surface area contributed by atoms with Crippen LogP contribution in [-0.2, 0) is 20.8 Å². The Balaban J connectivity index is 1.27. The van der Waals surface area contributed by atoms with Crippen molar-refractivity contribution in [2.45, 2.75) is 6.61 Å². The standard InChI is InChI=1S/C29H30N4O8/c34-33(35)23-5-1-21(2-6-23)19-41-24-7-3-22(4-8-24)32-29-25-17-27-28(18-26(25)30-20-31-29)40-16-14-38-12-10-36-9-11-37-13-15-39-27/h1-8,17-18,20H,9-16,19H2,(H,30,31,32). The number of anilines is 2. The van der Waals surface area contributed by atoms with Crippen molar-refractivity contribution < 1.29 is 33.3 Å². The molecule has 0 bridgehead atoms. The maximum absolute atomic E-state index is 10.8. The summed E-state index contributed by atoms with van der Waals surface area (Å²) in [4.78, 5) is 19.3. The number of aromatic nitrogens is 2. The first kappa shape index (κ1) is 28.0. The van der Waals surface area contributed by atoms with E-state index in [-0.39, 0.29) is 5.69 Å². The van der Waals surface area contributed by atoms with E-state index in [2.05, 4.69) is 15.3 Å². The predicted octanol–water partition coefficient (Wildman–Crippen LogP) is 4.68. The van der Waals surface area contributed by atoms with Crippen molar-refractivity contribution in [1.29, 1.82) is 0 Å². The summed E-state index contributed by atoms with van der Waals surface area (Å²) in [7, 11) is 0. The molecule has 0 saturated carbocycles. The summed E-state index contributed by atoms with van der Waals surface area (Å²) in [5.41, 5.74) is 2.37. The fourth-order valence-corrected chi connectivity index (χ4v) is 4.00. The molecule has 0 aliphatic carbocycles. The Labute approximate surface area is 236 Å². The lowest BCUT2D eigenvalue weighted by atomic mass is 10.2. The molecule has 3 aromatic carbocycles. The summed E-state index contributed by atoms with van der Waals surface area (Å²) in [6.45, 7) is 3.79. The Bertz CT molecular complexity index is 1430. The molecule has 2 heterocycles. The fourth-order valence-electron chi connectivity index (χ4n) is 4.00. The molecule has 12 heteroatoms. The molecule has 0 fully saturated rings. The number of nitro groups is 1. The fraction of sp³-hybridized carbons (Fsp3) is 0.310. The van der Waals surface area contributed by atoms with E-state index in [1.54, 1.807) is 12.1 Å². The van der Waals surface area contributed by atoms with E-state index in [9.17, 15) is 10.1 Å². The van der Waals surface area contributed by atoms with Gasteiger partial charge in [-0.2, -0.15) is 0 Å². The summed E-state index contributed by atoms with van der Waals surface area (Å²) in [5, 5.41) is 14.9. The summed E-state index contributed by atoms with van der Waals surface area (Å²) in [6, 6.07) is 17.4. The van der Waals surface area contributed by atoms with Crippen molar-refractivity contribution in [1.82, 2.24) is 9.97 Å². The van der Waals surface area contributed by atoms with Gasteiger partial charge in [0.05, 0.1) is 50.1 Å². The normalized spacial score (nSPS) is 14.9. The molecule has 0 saturated heterocycles. The molecule has 0 radical (unpaired) electrons.